The smallest absolute Gasteiger partial charge is 0.283 e. The number of nitrogens with zero attached hydrogens (tertiary/aromatic N) is 1. The molecule has 0 amide bonds. The van der Waals surface area contributed by atoms with Gasteiger partial charge >= 0.3 is 0 Å². The number of hydrogen-bond acceptors (Lipinski definition) is 3. The third kappa shape index (κ3) is 1.92. The molecule has 1 aromatic carbocycles. The first-order chi connectivity index (χ1) is 8.95. The summed E-state index contributed by atoms with van der Waals surface area (Å²) in [5, 5.41) is 0.257. The lowest BCUT2D eigenvalue weighted by atomic mass is 9.85. The average Bonchev–Trinajstić information content (AvgIpc) is 3.10. The number of aliphatic imine (C=N–C) groups is 1. The van der Waals surface area contributed by atoms with Crippen LogP contribution in [0.15, 0.2) is 27.7 Å². The topological polar surface area (TPSA) is 47.6 Å². The van der Waals surface area contributed by atoms with E-state index in [1.54, 1.807) is 18.2 Å². The van der Waals surface area contributed by atoms with Crippen molar-refractivity contribution in [3.05, 3.63) is 33.3 Å². The van der Waals surface area contributed by atoms with Crippen LogP contribution in [-0.2, 0) is 10.3 Å². The van der Waals surface area contributed by atoms with Crippen LogP contribution in [-0.4, -0.2) is 18.6 Å². The zero-order valence-electron chi connectivity index (χ0n) is 9.62. The van der Waals surface area contributed by atoms with E-state index in [1.807, 2.05) is 0 Å². The number of ether oxygens (including phenoxy) is 1. The van der Waals surface area contributed by atoms with Gasteiger partial charge in [-0.2, -0.15) is 0 Å². The standard InChI is InChI=1S/C12H10BrClF2N2O/c13-5-1-2-8(14)6(3-5)12(10(15)16)7-4-9(7)19-11(17)18-12/h1-3,7,9-10H,4H2,(H2,17,18)/t7-,9+,12+/m0/s1. The second-order valence-electron chi connectivity index (χ2n) is 4.70. The Hall–Kier alpha value is -0.880. The van der Waals surface area contributed by atoms with E-state index in [-0.39, 0.29) is 28.6 Å². The first kappa shape index (κ1) is 13.1. The number of hydrogen-bond donors (Lipinski definition) is 1. The van der Waals surface area contributed by atoms with E-state index in [2.05, 4.69) is 20.9 Å². The molecule has 0 saturated heterocycles. The molecular weight excluding hydrogens is 341 g/mol. The summed E-state index contributed by atoms with van der Waals surface area (Å²) in [5.74, 6) is -0.383. The maximum Gasteiger partial charge on any atom is 0.283 e. The lowest BCUT2D eigenvalue weighted by molar-refractivity contribution is 0.0196. The van der Waals surface area contributed by atoms with Crippen molar-refractivity contribution in [3.8, 4) is 0 Å². The summed E-state index contributed by atoms with van der Waals surface area (Å²) >= 11 is 9.36. The van der Waals surface area contributed by atoms with Gasteiger partial charge in [0.05, 0.1) is 0 Å². The van der Waals surface area contributed by atoms with Gasteiger partial charge in [0, 0.05) is 21.0 Å². The van der Waals surface area contributed by atoms with Crippen LogP contribution in [0.25, 0.3) is 0 Å². The molecule has 1 fully saturated rings. The first-order valence-corrected chi connectivity index (χ1v) is 6.88. The minimum Gasteiger partial charge on any atom is -0.462 e. The second kappa shape index (κ2) is 4.31. The molecule has 102 valence electrons. The van der Waals surface area contributed by atoms with Crippen molar-refractivity contribution in [2.24, 2.45) is 16.6 Å². The molecule has 0 bridgehead atoms. The quantitative estimate of drug-likeness (QED) is 0.889. The van der Waals surface area contributed by atoms with E-state index in [9.17, 15) is 8.78 Å². The Morgan fingerprint density at radius 2 is 2.26 bits per heavy atom. The molecule has 0 unspecified atom stereocenters. The van der Waals surface area contributed by atoms with Crippen molar-refractivity contribution < 1.29 is 13.5 Å². The predicted molar refractivity (Wildman–Crippen MR) is 71.4 cm³/mol. The number of halogens is 4. The molecule has 1 saturated carbocycles. The monoisotopic (exact) mass is 350 g/mol. The Morgan fingerprint density at radius 1 is 1.53 bits per heavy atom. The number of fused-ring (bicyclic) bond motifs is 1. The minimum atomic E-state index is -2.70. The highest BCUT2D eigenvalue weighted by molar-refractivity contribution is 9.10. The maximum atomic E-state index is 13.7. The van der Waals surface area contributed by atoms with Crippen molar-refractivity contribution in [2.75, 3.05) is 0 Å². The molecule has 0 spiro atoms. The highest BCUT2D eigenvalue weighted by Gasteiger charge is 2.64. The van der Waals surface area contributed by atoms with Crippen LogP contribution in [0.4, 0.5) is 8.78 Å². The Morgan fingerprint density at radius 3 is 2.95 bits per heavy atom. The Balaban J connectivity index is 2.21. The third-order valence-electron chi connectivity index (χ3n) is 3.56. The van der Waals surface area contributed by atoms with Gasteiger partial charge in [0.1, 0.15) is 6.10 Å². The summed E-state index contributed by atoms with van der Waals surface area (Å²) < 4.78 is 33.3. The van der Waals surface area contributed by atoms with Crippen molar-refractivity contribution in [1.29, 1.82) is 0 Å². The number of nitrogens with two attached hydrogens (primary N) is 1. The summed E-state index contributed by atoms with van der Waals surface area (Å²) in [6.07, 6.45) is -2.48. The van der Waals surface area contributed by atoms with E-state index in [1.165, 1.54) is 0 Å². The first-order valence-electron chi connectivity index (χ1n) is 5.71. The fourth-order valence-electron chi connectivity index (χ4n) is 2.60. The summed E-state index contributed by atoms with van der Waals surface area (Å²) in [6.45, 7) is 0. The van der Waals surface area contributed by atoms with Crippen LogP contribution in [0.2, 0.25) is 5.02 Å². The van der Waals surface area contributed by atoms with Crippen LogP contribution < -0.4 is 5.73 Å². The van der Waals surface area contributed by atoms with Crippen molar-refractivity contribution in [1.82, 2.24) is 0 Å². The molecule has 0 radical (unpaired) electrons. The van der Waals surface area contributed by atoms with Gasteiger partial charge in [-0.15, -0.1) is 0 Å². The molecule has 1 aliphatic carbocycles. The molecule has 1 aromatic rings. The molecule has 2 aliphatic rings. The Kier molecular flexibility index (Phi) is 2.98. The van der Waals surface area contributed by atoms with Gasteiger partial charge in [0.2, 0.25) is 0 Å². The number of rotatable bonds is 2. The zero-order valence-corrected chi connectivity index (χ0v) is 12.0. The maximum absolute atomic E-state index is 13.7. The number of alkyl halides is 2. The summed E-state index contributed by atoms with van der Waals surface area (Å²) in [5.41, 5.74) is 4.12. The molecule has 1 aliphatic heterocycles. The molecule has 19 heavy (non-hydrogen) atoms. The second-order valence-corrected chi connectivity index (χ2v) is 6.02. The molecule has 3 nitrogen and oxygen atoms in total. The molecular formula is C12H10BrClF2N2O. The molecule has 0 aromatic heterocycles. The van der Waals surface area contributed by atoms with E-state index in [0.29, 0.717) is 10.9 Å². The van der Waals surface area contributed by atoms with Gasteiger partial charge in [-0.1, -0.05) is 27.5 Å². The van der Waals surface area contributed by atoms with Crippen LogP contribution >= 0.6 is 27.5 Å². The van der Waals surface area contributed by atoms with Gasteiger partial charge in [-0.3, -0.25) is 0 Å². The van der Waals surface area contributed by atoms with Crippen LogP contribution in [0, 0.1) is 5.92 Å². The van der Waals surface area contributed by atoms with E-state index in [0.717, 1.165) is 0 Å². The predicted octanol–water partition coefficient (Wildman–Crippen LogP) is 3.30. The van der Waals surface area contributed by atoms with E-state index < -0.39 is 12.0 Å². The third-order valence-corrected chi connectivity index (χ3v) is 4.38. The lowest BCUT2D eigenvalue weighted by Crippen LogP contribution is -2.43. The van der Waals surface area contributed by atoms with E-state index >= 15 is 0 Å². The van der Waals surface area contributed by atoms with Crippen LogP contribution in [0.5, 0.6) is 0 Å². The largest absolute Gasteiger partial charge is 0.462 e. The average molecular weight is 352 g/mol. The van der Waals surface area contributed by atoms with Crippen LogP contribution in [0.3, 0.4) is 0 Å². The molecule has 1 heterocycles. The van der Waals surface area contributed by atoms with Crippen LogP contribution in [0.1, 0.15) is 12.0 Å². The van der Waals surface area contributed by atoms with Crippen molar-refractivity contribution >= 4 is 33.6 Å². The fraction of sp³-hybridized carbons (Fsp3) is 0.417. The Labute approximate surface area is 121 Å². The van der Waals surface area contributed by atoms with Crippen molar-refractivity contribution in [3.63, 3.8) is 0 Å². The number of amidine groups is 1. The highest BCUT2D eigenvalue weighted by Crippen LogP contribution is 2.57. The SMILES string of the molecule is NC1=N[C@@](c2cc(Br)ccc2Cl)(C(F)F)[C@H]2C[C@H]2O1. The Bertz CT molecular complexity index is 569. The highest BCUT2D eigenvalue weighted by atomic mass is 79.9. The zero-order chi connectivity index (χ0) is 13.8. The molecule has 3 rings (SSSR count). The lowest BCUT2D eigenvalue weighted by Gasteiger charge is -2.33. The molecule has 3 atom stereocenters. The normalized spacial score (nSPS) is 32.6. The van der Waals surface area contributed by atoms with Crippen molar-refractivity contribution in [2.45, 2.75) is 24.5 Å². The van der Waals surface area contributed by atoms with Gasteiger partial charge in [-0.25, -0.2) is 13.8 Å². The molecule has 7 heteroatoms. The minimum absolute atomic E-state index is 0.199. The summed E-state index contributed by atoms with van der Waals surface area (Å²) in [7, 11) is 0. The molecule has 2 N–H and O–H groups in total. The van der Waals surface area contributed by atoms with Gasteiger partial charge < -0.3 is 10.5 Å². The summed E-state index contributed by atoms with van der Waals surface area (Å²) in [6, 6.07) is 4.65. The van der Waals surface area contributed by atoms with Gasteiger partial charge in [0.15, 0.2) is 5.54 Å². The van der Waals surface area contributed by atoms with E-state index in [4.69, 9.17) is 22.1 Å². The number of benzene rings is 1. The summed E-state index contributed by atoms with van der Waals surface area (Å²) in [4.78, 5) is 3.93. The van der Waals surface area contributed by atoms with Gasteiger partial charge in [0.25, 0.3) is 12.4 Å². The van der Waals surface area contributed by atoms with Gasteiger partial charge in [-0.05, 0) is 24.6 Å². The fourth-order valence-corrected chi connectivity index (χ4v) is 3.23.